The van der Waals surface area contributed by atoms with Crippen LogP contribution in [-0.4, -0.2) is 42.1 Å². The van der Waals surface area contributed by atoms with E-state index in [0.29, 0.717) is 25.8 Å². The SMILES string of the molecule is CC(C)(C)OC(=O)N[C@@H](CCCCN)C(=O)N[C@@H](Cc1ccccc1)C(N)=O. The van der Waals surface area contributed by atoms with E-state index in [1.165, 1.54) is 0 Å². The Morgan fingerprint density at radius 3 is 2.21 bits per heavy atom. The van der Waals surface area contributed by atoms with Crippen LogP contribution < -0.4 is 22.1 Å². The number of ether oxygens (including phenoxy) is 1. The van der Waals surface area contributed by atoms with Crippen LogP contribution in [0, 0.1) is 0 Å². The third-order valence-electron chi connectivity index (χ3n) is 3.90. The van der Waals surface area contributed by atoms with E-state index < -0.39 is 35.6 Å². The first-order valence-electron chi connectivity index (χ1n) is 9.45. The average Bonchev–Trinajstić information content (AvgIpc) is 2.59. The van der Waals surface area contributed by atoms with Crippen molar-refractivity contribution in [3.63, 3.8) is 0 Å². The van der Waals surface area contributed by atoms with Crippen molar-refractivity contribution in [2.75, 3.05) is 6.54 Å². The van der Waals surface area contributed by atoms with Crippen molar-refractivity contribution in [1.82, 2.24) is 10.6 Å². The van der Waals surface area contributed by atoms with Crippen LogP contribution in [0.2, 0.25) is 0 Å². The Bertz CT molecular complexity index is 643. The number of benzene rings is 1. The number of carbonyl (C=O) groups is 3. The van der Waals surface area contributed by atoms with Crippen LogP contribution in [-0.2, 0) is 20.7 Å². The molecule has 0 radical (unpaired) electrons. The largest absolute Gasteiger partial charge is 0.444 e. The fraction of sp³-hybridized carbons (Fsp3) is 0.550. The minimum atomic E-state index is -0.882. The average molecular weight is 393 g/mol. The maximum Gasteiger partial charge on any atom is 0.408 e. The lowest BCUT2D eigenvalue weighted by Crippen LogP contribution is -2.54. The summed E-state index contributed by atoms with van der Waals surface area (Å²) >= 11 is 0. The summed E-state index contributed by atoms with van der Waals surface area (Å²) in [6.45, 7) is 5.69. The van der Waals surface area contributed by atoms with Gasteiger partial charge in [0.1, 0.15) is 17.7 Å². The first-order valence-corrected chi connectivity index (χ1v) is 9.45. The van der Waals surface area contributed by atoms with Crippen molar-refractivity contribution in [1.29, 1.82) is 0 Å². The fourth-order valence-electron chi connectivity index (χ4n) is 2.56. The molecule has 0 aliphatic carbocycles. The van der Waals surface area contributed by atoms with Crippen LogP contribution in [0.4, 0.5) is 4.79 Å². The number of hydrogen-bond donors (Lipinski definition) is 4. The predicted octanol–water partition coefficient (Wildman–Crippen LogP) is 1.22. The Kier molecular flexibility index (Phi) is 9.44. The van der Waals surface area contributed by atoms with Gasteiger partial charge in [0.15, 0.2) is 0 Å². The maximum absolute atomic E-state index is 12.7. The number of carbonyl (C=O) groups excluding carboxylic acids is 3. The van der Waals surface area contributed by atoms with Crippen LogP contribution in [0.25, 0.3) is 0 Å². The van der Waals surface area contributed by atoms with E-state index in [4.69, 9.17) is 16.2 Å². The highest BCUT2D eigenvalue weighted by Crippen LogP contribution is 2.09. The summed E-state index contributed by atoms with van der Waals surface area (Å²) in [4.78, 5) is 36.6. The van der Waals surface area contributed by atoms with E-state index in [0.717, 1.165) is 5.56 Å². The fourth-order valence-corrected chi connectivity index (χ4v) is 2.56. The molecule has 0 bridgehead atoms. The summed E-state index contributed by atoms with van der Waals surface area (Å²) in [7, 11) is 0. The number of primary amides is 1. The molecule has 0 unspecified atom stereocenters. The highest BCUT2D eigenvalue weighted by atomic mass is 16.6. The molecule has 0 saturated heterocycles. The number of unbranched alkanes of at least 4 members (excludes halogenated alkanes) is 1. The number of amides is 3. The second kappa shape index (κ2) is 11.3. The zero-order valence-electron chi connectivity index (χ0n) is 16.9. The molecule has 8 heteroatoms. The van der Waals surface area contributed by atoms with Gasteiger partial charge in [0.2, 0.25) is 11.8 Å². The molecule has 0 heterocycles. The highest BCUT2D eigenvalue weighted by Gasteiger charge is 2.27. The monoisotopic (exact) mass is 392 g/mol. The lowest BCUT2D eigenvalue weighted by Gasteiger charge is -2.24. The van der Waals surface area contributed by atoms with Gasteiger partial charge in [-0.3, -0.25) is 9.59 Å². The quantitative estimate of drug-likeness (QED) is 0.444. The first-order chi connectivity index (χ1) is 13.1. The molecule has 1 rings (SSSR count). The van der Waals surface area contributed by atoms with Crippen molar-refractivity contribution in [3.8, 4) is 0 Å². The standard InChI is InChI=1S/C20H32N4O4/c1-20(2,3)28-19(27)24-15(11-7-8-12-21)18(26)23-16(17(22)25)13-14-9-5-4-6-10-14/h4-6,9-10,15-16H,7-8,11-13,21H2,1-3H3,(H2,22,25)(H,23,26)(H,24,27)/t15-,16-/m0/s1. The van der Waals surface area contributed by atoms with E-state index in [1.54, 1.807) is 20.8 Å². The van der Waals surface area contributed by atoms with Gasteiger partial charge in [-0.15, -0.1) is 0 Å². The predicted molar refractivity (Wildman–Crippen MR) is 107 cm³/mol. The minimum absolute atomic E-state index is 0.268. The number of alkyl carbamates (subject to hydrolysis) is 1. The lowest BCUT2D eigenvalue weighted by molar-refractivity contribution is -0.128. The Morgan fingerprint density at radius 2 is 1.68 bits per heavy atom. The number of nitrogens with two attached hydrogens (primary N) is 2. The van der Waals surface area contributed by atoms with Crippen LogP contribution in [0.1, 0.15) is 45.6 Å². The molecular weight excluding hydrogens is 360 g/mol. The smallest absolute Gasteiger partial charge is 0.408 e. The Hall–Kier alpha value is -2.61. The summed E-state index contributed by atoms with van der Waals surface area (Å²) in [6, 6.07) is 7.51. The molecule has 0 aliphatic rings. The molecule has 0 saturated carbocycles. The van der Waals surface area contributed by atoms with Gasteiger partial charge in [-0.25, -0.2) is 4.79 Å². The van der Waals surface area contributed by atoms with Crippen molar-refractivity contribution in [3.05, 3.63) is 35.9 Å². The first kappa shape index (κ1) is 23.4. The topological polar surface area (TPSA) is 137 Å². The third kappa shape index (κ3) is 9.36. The molecule has 1 aromatic rings. The van der Waals surface area contributed by atoms with E-state index in [9.17, 15) is 14.4 Å². The summed E-state index contributed by atoms with van der Waals surface area (Å²) in [5.41, 5.74) is 11.1. The minimum Gasteiger partial charge on any atom is -0.444 e. The molecule has 2 atom stereocenters. The zero-order valence-corrected chi connectivity index (χ0v) is 16.9. The van der Waals surface area contributed by atoms with Gasteiger partial charge >= 0.3 is 6.09 Å². The Morgan fingerprint density at radius 1 is 1.04 bits per heavy atom. The molecule has 6 N–H and O–H groups in total. The second-order valence-corrected chi connectivity index (χ2v) is 7.64. The lowest BCUT2D eigenvalue weighted by atomic mass is 10.0. The van der Waals surface area contributed by atoms with Gasteiger partial charge in [0.25, 0.3) is 0 Å². The summed E-state index contributed by atoms with van der Waals surface area (Å²) in [5.74, 6) is -1.13. The van der Waals surface area contributed by atoms with Gasteiger partial charge in [0, 0.05) is 6.42 Å². The van der Waals surface area contributed by atoms with Gasteiger partial charge in [-0.2, -0.15) is 0 Å². The molecule has 0 aliphatic heterocycles. The van der Waals surface area contributed by atoms with Gasteiger partial charge in [0.05, 0.1) is 0 Å². The molecule has 8 nitrogen and oxygen atoms in total. The van der Waals surface area contributed by atoms with E-state index in [2.05, 4.69) is 10.6 Å². The normalized spacial score (nSPS) is 13.3. The Balaban J connectivity index is 2.80. The molecule has 0 aromatic heterocycles. The van der Waals surface area contributed by atoms with Crippen LogP contribution in [0.15, 0.2) is 30.3 Å². The van der Waals surface area contributed by atoms with E-state index in [-0.39, 0.29) is 6.42 Å². The van der Waals surface area contributed by atoms with Gasteiger partial charge in [-0.1, -0.05) is 30.3 Å². The highest BCUT2D eigenvalue weighted by molar-refractivity contribution is 5.90. The maximum atomic E-state index is 12.7. The molecule has 1 aromatic carbocycles. The number of nitrogens with one attached hydrogen (secondary N) is 2. The molecule has 0 spiro atoms. The third-order valence-corrected chi connectivity index (χ3v) is 3.90. The summed E-state index contributed by atoms with van der Waals surface area (Å²) < 4.78 is 5.23. The van der Waals surface area contributed by atoms with E-state index >= 15 is 0 Å². The zero-order chi connectivity index (χ0) is 21.2. The van der Waals surface area contributed by atoms with Gasteiger partial charge < -0.3 is 26.8 Å². The molecule has 0 fully saturated rings. The van der Waals surface area contributed by atoms with Crippen molar-refractivity contribution < 1.29 is 19.1 Å². The van der Waals surface area contributed by atoms with Gasteiger partial charge in [-0.05, 0) is 52.1 Å². The van der Waals surface area contributed by atoms with Crippen LogP contribution in [0.5, 0.6) is 0 Å². The van der Waals surface area contributed by atoms with Crippen LogP contribution in [0.3, 0.4) is 0 Å². The molecular formula is C20H32N4O4. The Labute approximate surface area is 166 Å². The summed E-state index contributed by atoms with van der Waals surface area (Å²) in [5, 5.41) is 5.22. The summed E-state index contributed by atoms with van der Waals surface area (Å²) in [6.07, 6.45) is 1.30. The van der Waals surface area contributed by atoms with Crippen LogP contribution >= 0.6 is 0 Å². The van der Waals surface area contributed by atoms with Crippen molar-refractivity contribution in [2.24, 2.45) is 11.5 Å². The van der Waals surface area contributed by atoms with E-state index in [1.807, 2.05) is 30.3 Å². The molecule has 3 amide bonds. The molecule has 156 valence electrons. The number of rotatable bonds is 10. The van der Waals surface area contributed by atoms with Crippen molar-refractivity contribution >= 4 is 17.9 Å². The van der Waals surface area contributed by atoms with Crippen molar-refractivity contribution in [2.45, 2.75) is 64.1 Å². The molecule has 28 heavy (non-hydrogen) atoms. The number of hydrogen-bond acceptors (Lipinski definition) is 5. The second-order valence-electron chi connectivity index (χ2n) is 7.64.